The second-order valence-electron chi connectivity index (χ2n) is 7.32. The molecule has 0 radical (unpaired) electrons. The summed E-state index contributed by atoms with van der Waals surface area (Å²) in [7, 11) is 0. The Morgan fingerprint density at radius 2 is 1.52 bits per heavy atom. The fourth-order valence-electron chi connectivity index (χ4n) is 3.89. The van der Waals surface area contributed by atoms with Crippen molar-refractivity contribution in [3.8, 4) is 11.1 Å². The van der Waals surface area contributed by atoms with Gasteiger partial charge in [0.2, 0.25) is 0 Å². The van der Waals surface area contributed by atoms with E-state index in [2.05, 4.69) is 5.43 Å². The standard InChI is InChI=1S/C23H20N2O6/c26-20-10-11-21(27)25(20)24-19(9-12-22(28)29)23(30)31-13-18-16-7-3-1-5-14(16)15-6-2-4-8-17(15)18/h1-8,10-11,18-19,24H,9,12-13H2,(H,28,29)/t19-/m0/s1. The van der Waals surface area contributed by atoms with Crippen molar-refractivity contribution >= 4 is 23.8 Å². The number of aliphatic carboxylic acids is 1. The number of benzene rings is 2. The number of carboxylic acids is 1. The minimum absolute atomic E-state index is 0.0538. The summed E-state index contributed by atoms with van der Waals surface area (Å²) in [6.07, 6.45) is 1.68. The first kappa shape index (κ1) is 20.5. The van der Waals surface area contributed by atoms with E-state index in [-0.39, 0.29) is 25.4 Å². The number of nitrogens with zero attached hydrogens (tertiary/aromatic N) is 1. The number of ether oxygens (including phenoxy) is 1. The Bertz CT molecular complexity index is 1030. The molecule has 2 N–H and O–H groups in total. The summed E-state index contributed by atoms with van der Waals surface area (Å²) < 4.78 is 5.55. The van der Waals surface area contributed by atoms with Gasteiger partial charge in [-0.3, -0.25) is 19.2 Å². The van der Waals surface area contributed by atoms with Crippen LogP contribution in [0.2, 0.25) is 0 Å². The summed E-state index contributed by atoms with van der Waals surface area (Å²) in [5.41, 5.74) is 6.77. The Hall–Kier alpha value is -3.78. The molecule has 2 aliphatic rings. The molecule has 4 rings (SSSR count). The molecule has 0 saturated heterocycles. The predicted octanol–water partition coefficient (Wildman–Crippen LogP) is 2.01. The van der Waals surface area contributed by atoms with Crippen molar-refractivity contribution in [2.45, 2.75) is 24.8 Å². The van der Waals surface area contributed by atoms with E-state index in [0.29, 0.717) is 5.01 Å². The minimum atomic E-state index is -1.16. The van der Waals surface area contributed by atoms with Crippen molar-refractivity contribution in [2.75, 3.05) is 6.61 Å². The summed E-state index contributed by atoms with van der Waals surface area (Å²) >= 11 is 0. The van der Waals surface area contributed by atoms with Crippen LogP contribution in [0.4, 0.5) is 0 Å². The lowest BCUT2D eigenvalue weighted by molar-refractivity contribution is -0.151. The number of esters is 1. The molecule has 0 fully saturated rings. The predicted molar refractivity (Wildman–Crippen MR) is 109 cm³/mol. The van der Waals surface area contributed by atoms with Crippen molar-refractivity contribution in [1.29, 1.82) is 0 Å². The van der Waals surface area contributed by atoms with Gasteiger partial charge in [-0.25, -0.2) is 10.4 Å². The summed E-state index contributed by atoms with van der Waals surface area (Å²) in [4.78, 5) is 47.4. The highest BCUT2D eigenvalue weighted by Gasteiger charge is 2.33. The van der Waals surface area contributed by atoms with E-state index in [9.17, 15) is 19.2 Å². The van der Waals surface area contributed by atoms with Gasteiger partial charge in [0.15, 0.2) is 0 Å². The first-order valence-corrected chi connectivity index (χ1v) is 9.84. The number of rotatable bonds is 8. The molecule has 0 aromatic heterocycles. The molecule has 0 spiro atoms. The average Bonchev–Trinajstić information content (AvgIpc) is 3.26. The lowest BCUT2D eigenvalue weighted by atomic mass is 9.98. The third kappa shape index (κ3) is 4.10. The van der Waals surface area contributed by atoms with E-state index >= 15 is 0 Å². The Kier molecular flexibility index (Phi) is 5.64. The summed E-state index contributed by atoms with van der Waals surface area (Å²) in [5.74, 6) is -3.24. The smallest absolute Gasteiger partial charge is 0.325 e. The van der Waals surface area contributed by atoms with E-state index in [0.717, 1.165) is 34.4 Å². The van der Waals surface area contributed by atoms with Crippen LogP contribution in [0.1, 0.15) is 29.9 Å². The zero-order valence-corrected chi connectivity index (χ0v) is 16.5. The summed E-state index contributed by atoms with van der Waals surface area (Å²) in [6.45, 7) is 0.0538. The molecule has 2 aromatic rings. The van der Waals surface area contributed by atoms with Gasteiger partial charge in [0.05, 0.1) is 0 Å². The van der Waals surface area contributed by atoms with Crippen LogP contribution in [0.25, 0.3) is 11.1 Å². The lowest BCUT2D eigenvalue weighted by Crippen LogP contribution is -2.52. The monoisotopic (exact) mass is 420 g/mol. The Morgan fingerprint density at radius 3 is 2.06 bits per heavy atom. The molecule has 31 heavy (non-hydrogen) atoms. The largest absolute Gasteiger partial charge is 0.481 e. The van der Waals surface area contributed by atoms with Crippen LogP contribution >= 0.6 is 0 Å². The highest BCUT2D eigenvalue weighted by molar-refractivity contribution is 6.12. The van der Waals surface area contributed by atoms with Gasteiger partial charge in [0.1, 0.15) is 12.6 Å². The fraction of sp³-hybridized carbons (Fsp3) is 0.217. The molecule has 0 bridgehead atoms. The second kappa shape index (κ2) is 8.53. The van der Waals surface area contributed by atoms with Crippen molar-refractivity contribution in [1.82, 2.24) is 10.4 Å². The molecule has 1 aliphatic heterocycles. The summed E-state index contributed by atoms with van der Waals surface area (Å²) in [5, 5.41) is 9.68. The number of hydrazine groups is 1. The van der Waals surface area contributed by atoms with Gasteiger partial charge in [-0.05, 0) is 28.7 Å². The first-order chi connectivity index (χ1) is 15.0. The van der Waals surface area contributed by atoms with Crippen LogP contribution in [-0.4, -0.2) is 46.5 Å². The van der Waals surface area contributed by atoms with Crippen LogP contribution in [-0.2, 0) is 23.9 Å². The van der Waals surface area contributed by atoms with E-state index in [1.165, 1.54) is 0 Å². The van der Waals surface area contributed by atoms with Crippen LogP contribution in [0.5, 0.6) is 0 Å². The molecule has 0 unspecified atom stereocenters. The normalized spacial score (nSPS) is 15.7. The van der Waals surface area contributed by atoms with Crippen LogP contribution < -0.4 is 5.43 Å². The zero-order valence-electron chi connectivity index (χ0n) is 16.5. The van der Waals surface area contributed by atoms with E-state index in [4.69, 9.17) is 9.84 Å². The van der Waals surface area contributed by atoms with Gasteiger partial charge in [-0.15, -0.1) is 0 Å². The maximum absolute atomic E-state index is 12.8. The number of carboxylic acid groups (broad SMARTS) is 1. The number of amides is 2. The first-order valence-electron chi connectivity index (χ1n) is 9.84. The van der Waals surface area contributed by atoms with Gasteiger partial charge in [-0.2, -0.15) is 0 Å². The quantitative estimate of drug-likeness (QED) is 0.496. The molecule has 8 nitrogen and oxygen atoms in total. The molecular formula is C23H20N2O6. The number of carbonyl (C=O) groups is 4. The molecule has 2 amide bonds. The topological polar surface area (TPSA) is 113 Å². The number of nitrogens with one attached hydrogen (secondary N) is 1. The number of hydrogen-bond donors (Lipinski definition) is 2. The Morgan fingerprint density at radius 1 is 0.968 bits per heavy atom. The second-order valence-corrected chi connectivity index (χ2v) is 7.32. The van der Waals surface area contributed by atoms with Crippen LogP contribution in [0.3, 0.4) is 0 Å². The van der Waals surface area contributed by atoms with E-state index in [1.54, 1.807) is 0 Å². The molecule has 8 heteroatoms. The van der Waals surface area contributed by atoms with Gasteiger partial charge in [-0.1, -0.05) is 48.5 Å². The van der Waals surface area contributed by atoms with Crippen molar-refractivity contribution in [3.63, 3.8) is 0 Å². The van der Waals surface area contributed by atoms with Gasteiger partial charge >= 0.3 is 11.9 Å². The van der Waals surface area contributed by atoms with Crippen molar-refractivity contribution < 1.29 is 29.0 Å². The molecule has 1 atom stereocenters. The molecule has 1 heterocycles. The van der Waals surface area contributed by atoms with Crippen LogP contribution in [0, 0.1) is 0 Å². The van der Waals surface area contributed by atoms with Gasteiger partial charge in [0, 0.05) is 24.5 Å². The highest BCUT2D eigenvalue weighted by Crippen LogP contribution is 2.44. The van der Waals surface area contributed by atoms with E-state index < -0.39 is 29.8 Å². The van der Waals surface area contributed by atoms with Gasteiger partial charge < -0.3 is 9.84 Å². The number of imide groups is 1. The van der Waals surface area contributed by atoms with Crippen molar-refractivity contribution in [3.05, 3.63) is 71.8 Å². The molecular weight excluding hydrogens is 400 g/mol. The third-order valence-electron chi connectivity index (χ3n) is 5.38. The fourth-order valence-corrected chi connectivity index (χ4v) is 3.89. The lowest BCUT2D eigenvalue weighted by Gasteiger charge is -2.23. The SMILES string of the molecule is O=C(O)CC[C@H](NN1C(=O)C=CC1=O)C(=O)OCC1c2ccccc2-c2ccccc21. The maximum atomic E-state index is 12.8. The maximum Gasteiger partial charge on any atom is 0.325 e. The van der Waals surface area contributed by atoms with Crippen molar-refractivity contribution in [2.24, 2.45) is 0 Å². The number of fused-ring (bicyclic) bond motifs is 3. The van der Waals surface area contributed by atoms with Gasteiger partial charge in [0.25, 0.3) is 11.8 Å². The number of carbonyl (C=O) groups excluding carboxylic acids is 3. The Balaban J connectivity index is 1.49. The number of hydrogen-bond acceptors (Lipinski definition) is 6. The van der Waals surface area contributed by atoms with E-state index in [1.807, 2.05) is 48.5 Å². The third-order valence-corrected chi connectivity index (χ3v) is 5.38. The average molecular weight is 420 g/mol. The Labute approximate surface area is 178 Å². The molecule has 1 aliphatic carbocycles. The highest BCUT2D eigenvalue weighted by atomic mass is 16.5. The molecule has 158 valence electrons. The van der Waals surface area contributed by atoms with Crippen LogP contribution in [0.15, 0.2) is 60.7 Å². The zero-order chi connectivity index (χ0) is 22.0. The minimum Gasteiger partial charge on any atom is -0.481 e. The summed E-state index contributed by atoms with van der Waals surface area (Å²) in [6, 6.07) is 14.6. The molecule has 2 aromatic carbocycles. The molecule has 0 saturated carbocycles.